The highest BCUT2D eigenvalue weighted by Gasteiger charge is 2.30. The molecule has 0 fully saturated rings. The van der Waals surface area contributed by atoms with E-state index >= 15 is 0 Å². The number of rotatable bonds is 3. The Bertz CT molecular complexity index is 628. The fraction of sp³-hybridized carbons (Fsp3) is 0.182. The summed E-state index contributed by atoms with van der Waals surface area (Å²) < 4.78 is 24.9. The number of thiophene rings is 1. The van der Waals surface area contributed by atoms with Crippen LogP contribution in [0.15, 0.2) is 24.3 Å². The molecule has 2 aromatic rings. The molecule has 2 atom stereocenters. The molecule has 4 nitrogen and oxygen atoms in total. The predicted octanol–water partition coefficient (Wildman–Crippen LogP) is 2.96. The lowest BCUT2D eigenvalue weighted by Gasteiger charge is -1.96. The summed E-state index contributed by atoms with van der Waals surface area (Å²) >= 11 is 1.29. The molecule has 2 unspecified atom stereocenters. The van der Waals surface area contributed by atoms with Crippen LogP contribution in [0.5, 0.6) is 0 Å². The Morgan fingerprint density at radius 1 is 1.50 bits per heavy atom. The molecule has 1 amide bonds. The van der Waals surface area contributed by atoms with E-state index in [0.717, 1.165) is 4.70 Å². The standard InChI is InChI=1S/C11H9FNO3PS/c1-13-11(14)9-5-7-4-6(10(12)17(15)16)2-3-8(7)18-9/h2-5,10H,1H3,(H-,13,14,15,16)/p+1. The normalized spacial score (nSPS) is 13.4. The van der Waals surface area contributed by atoms with Crippen LogP contribution < -0.4 is 5.32 Å². The van der Waals surface area contributed by atoms with Crippen LogP contribution in [0.25, 0.3) is 10.1 Å². The van der Waals surface area contributed by atoms with E-state index < -0.39 is 13.9 Å². The zero-order valence-electron chi connectivity index (χ0n) is 9.38. The van der Waals surface area contributed by atoms with Crippen molar-refractivity contribution in [1.29, 1.82) is 0 Å². The molecule has 0 radical (unpaired) electrons. The monoisotopic (exact) mass is 286 g/mol. The van der Waals surface area contributed by atoms with E-state index in [1.807, 2.05) is 0 Å². The largest absolute Gasteiger partial charge is 0.547 e. The smallest absolute Gasteiger partial charge is 0.354 e. The van der Waals surface area contributed by atoms with E-state index in [9.17, 15) is 13.8 Å². The van der Waals surface area contributed by atoms with Crippen LogP contribution in [-0.2, 0) is 4.57 Å². The van der Waals surface area contributed by atoms with Gasteiger partial charge in [0.25, 0.3) is 5.91 Å². The topological polar surface area (TPSA) is 66.4 Å². The van der Waals surface area contributed by atoms with Crippen LogP contribution in [0, 0.1) is 0 Å². The summed E-state index contributed by atoms with van der Waals surface area (Å²) in [4.78, 5) is 20.7. The molecule has 1 aromatic heterocycles. The van der Waals surface area contributed by atoms with E-state index in [1.165, 1.54) is 30.5 Å². The average molecular weight is 286 g/mol. The van der Waals surface area contributed by atoms with Gasteiger partial charge in [-0.2, -0.15) is 9.28 Å². The van der Waals surface area contributed by atoms with Crippen molar-refractivity contribution in [2.75, 3.05) is 7.05 Å². The third-order valence-electron chi connectivity index (χ3n) is 2.46. The first-order chi connectivity index (χ1) is 8.52. The molecule has 94 valence electrons. The Kier molecular flexibility index (Phi) is 3.71. The number of hydrogen-bond donors (Lipinski definition) is 2. The van der Waals surface area contributed by atoms with Gasteiger partial charge in [-0.05, 0) is 28.2 Å². The number of nitrogens with one attached hydrogen (secondary N) is 1. The number of halogens is 1. The number of benzene rings is 1. The summed E-state index contributed by atoms with van der Waals surface area (Å²) in [6.45, 7) is 0. The summed E-state index contributed by atoms with van der Waals surface area (Å²) in [6.07, 6.45) is 0. The molecule has 2 N–H and O–H groups in total. The second-order valence-electron chi connectivity index (χ2n) is 3.63. The highest BCUT2D eigenvalue weighted by molar-refractivity contribution is 7.38. The maximum absolute atomic E-state index is 13.4. The van der Waals surface area contributed by atoms with E-state index in [2.05, 4.69) is 5.32 Å². The molecule has 0 aliphatic rings. The van der Waals surface area contributed by atoms with E-state index in [1.54, 1.807) is 12.1 Å². The highest BCUT2D eigenvalue weighted by atomic mass is 32.1. The van der Waals surface area contributed by atoms with Gasteiger partial charge in [0.05, 0.1) is 4.88 Å². The molecule has 0 aliphatic carbocycles. The SMILES string of the molecule is CNC(=O)c1cc2cc(C(F)[P+](=O)O)ccc2s1. The van der Waals surface area contributed by atoms with Gasteiger partial charge in [0, 0.05) is 17.3 Å². The molecule has 7 heteroatoms. The van der Waals surface area contributed by atoms with Gasteiger partial charge in [-0.1, -0.05) is 6.07 Å². The molecule has 0 saturated heterocycles. The third kappa shape index (κ3) is 2.41. The van der Waals surface area contributed by atoms with Crippen LogP contribution in [0.1, 0.15) is 21.1 Å². The molecule has 0 aliphatic heterocycles. The zero-order chi connectivity index (χ0) is 13.3. The molecule has 2 rings (SSSR count). The third-order valence-corrected chi connectivity index (χ3v) is 4.26. The van der Waals surface area contributed by atoms with Crippen molar-refractivity contribution >= 4 is 35.4 Å². The summed E-state index contributed by atoms with van der Waals surface area (Å²) in [7, 11) is -1.36. The number of fused-ring (bicyclic) bond motifs is 1. The molecule has 0 spiro atoms. The van der Waals surface area contributed by atoms with E-state index in [4.69, 9.17) is 4.89 Å². The molecule has 1 aromatic carbocycles. The van der Waals surface area contributed by atoms with Crippen LogP contribution in [-0.4, -0.2) is 17.8 Å². The summed E-state index contributed by atoms with van der Waals surface area (Å²) in [5, 5.41) is 3.20. The minimum Gasteiger partial charge on any atom is -0.354 e. The maximum Gasteiger partial charge on any atom is 0.547 e. The van der Waals surface area contributed by atoms with Gasteiger partial charge >= 0.3 is 13.9 Å². The lowest BCUT2D eigenvalue weighted by Crippen LogP contribution is -2.15. The van der Waals surface area contributed by atoms with Crippen LogP contribution in [0.2, 0.25) is 0 Å². The molecular weight excluding hydrogens is 276 g/mol. The first kappa shape index (κ1) is 13.1. The van der Waals surface area contributed by atoms with E-state index in [0.29, 0.717) is 10.3 Å². The van der Waals surface area contributed by atoms with Crippen molar-refractivity contribution in [1.82, 2.24) is 5.32 Å². The zero-order valence-corrected chi connectivity index (χ0v) is 11.1. The second kappa shape index (κ2) is 5.10. The van der Waals surface area contributed by atoms with Gasteiger partial charge in [-0.15, -0.1) is 11.3 Å². The van der Waals surface area contributed by atoms with Crippen molar-refractivity contribution in [3.05, 3.63) is 34.7 Å². The summed E-state index contributed by atoms with van der Waals surface area (Å²) in [6, 6.07) is 6.24. The van der Waals surface area contributed by atoms with Gasteiger partial charge in [-0.25, -0.2) is 0 Å². The maximum atomic E-state index is 13.4. The summed E-state index contributed by atoms with van der Waals surface area (Å²) in [5.41, 5.74) is 0.146. The average Bonchev–Trinajstić information content (AvgIpc) is 2.79. The number of carbonyl (C=O) groups excluding carboxylic acids is 1. The molecule has 18 heavy (non-hydrogen) atoms. The Labute approximate surface area is 107 Å². The van der Waals surface area contributed by atoms with Crippen molar-refractivity contribution in [3.63, 3.8) is 0 Å². The van der Waals surface area contributed by atoms with Crippen molar-refractivity contribution in [2.45, 2.75) is 5.91 Å². The second-order valence-corrected chi connectivity index (χ2v) is 5.77. The first-order valence-corrected chi connectivity index (χ1v) is 7.17. The Morgan fingerprint density at radius 3 is 2.83 bits per heavy atom. The number of hydrogen-bond acceptors (Lipinski definition) is 3. The fourth-order valence-electron chi connectivity index (χ4n) is 1.57. The lowest BCUT2D eigenvalue weighted by molar-refractivity contribution is 0.0967. The fourth-order valence-corrected chi connectivity index (χ4v) is 2.98. The Hall–Kier alpha value is -1.36. The van der Waals surface area contributed by atoms with Crippen LogP contribution in [0.4, 0.5) is 4.39 Å². The minimum absolute atomic E-state index is 0.146. The van der Waals surface area contributed by atoms with Crippen molar-refractivity contribution in [2.24, 2.45) is 0 Å². The molecule has 1 heterocycles. The van der Waals surface area contributed by atoms with Crippen LogP contribution in [0.3, 0.4) is 0 Å². The Balaban J connectivity index is 2.45. The summed E-state index contributed by atoms with van der Waals surface area (Å²) in [5.74, 6) is -2.10. The van der Waals surface area contributed by atoms with Gasteiger partial charge in [0.1, 0.15) is 0 Å². The molecular formula is C11H10FNO3PS+. The van der Waals surface area contributed by atoms with Crippen LogP contribution >= 0.6 is 19.4 Å². The highest BCUT2D eigenvalue weighted by Crippen LogP contribution is 2.40. The van der Waals surface area contributed by atoms with Gasteiger partial charge in [0.2, 0.25) is 0 Å². The number of alkyl halides is 1. The van der Waals surface area contributed by atoms with Crippen molar-refractivity contribution in [3.8, 4) is 0 Å². The van der Waals surface area contributed by atoms with Crippen molar-refractivity contribution < 1.29 is 18.6 Å². The number of amides is 1. The number of carbonyl (C=O) groups is 1. The first-order valence-electron chi connectivity index (χ1n) is 5.08. The van der Waals surface area contributed by atoms with Gasteiger partial charge < -0.3 is 5.32 Å². The van der Waals surface area contributed by atoms with Gasteiger partial charge in [0.15, 0.2) is 0 Å². The Morgan fingerprint density at radius 2 is 2.22 bits per heavy atom. The molecule has 0 saturated carbocycles. The lowest BCUT2D eigenvalue weighted by atomic mass is 10.2. The molecule has 0 bridgehead atoms. The van der Waals surface area contributed by atoms with Gasteiger partial charge in [-0.3, -0.25) is 4.79 Å². The minimum atomic E-state index is -2.89. The quantitative estimate of drug-likeness (QED) is 0.852. The predicted molar refractivity (Wildman–Crippen MR) is 68.9 cm³/mol. The van der Waals surface area contributed by atoms with E-state index in [-0.39, 0.29) is 11.5 Å².